The van der Waals surface area contributed by atoms with Gasteiger partial charge in [0.2, 0.25) is 0 Å². The van der Waals surface area contributed by atoms with Gasteiger partial charge in [-0.25, -0.2) is 4.98 Å². The molecule has 0 aliphatic rings. The molecular weight excluding hydrogens is 188 g/mol. The molecule has 1 rings (SSSR count). The highest BCUT2D eigenvalue weighted by molar-refractivity contribution is 5.62. The van der Waals surface area contributed by atoms with E-state index in [4.69, 9.17) is 11.5 Å². The molecule has 4 heteroatoms. The molecule has 1 heterocycles. The fourth-order valence-corrected chi connectivity index (χ4v) is 1.53. The first kappa shape index (κ1) is 11.6. The smallest absolute Gasteiger partial charge is 0.149 e. The molecule has 0 unspecified atom stereocenters. The topological polar surface area (TPSA) is 68.2 Å². The largest absolute Gasteiger partial charge is 0.396 e. The van der Waals surface area contributed by atoms with E-state index in [1.807, 2.05) is 12.1 Å². The first-order valence-corrected chi connectivity index (χ1v) is 5.46. The zero-order valence-electron chi connectivity index (χ0n) is 9.53. The number of hydrogen-bond acceptors (Lipinski definition) is 4. The van der Waals surface area contributed by atoms with E-state index < -0.39 is 0 Å². The van der Waals surface area contributed by atoms with Crippen LogP contribution < -0.4 is 16.4 Å². The van der Waals surface area contributed by atoms with Crippen LogP contribution in [0.2, 0.25) is 0 Å². The highest BCUT2D eigenvalue weighted by Gasteiger charge is 2.07. The van der Waals surface area contributed by atoms with Crippen LogP contribution in [0.25, 0.3) is 0 Å². The number of nitrogens with zero attached hydrogens (tertiary/aromatic N) is 2. The van der Waals surface area contributed by atoms with Crippen molar-refractivity contribution in [2.75, 3.05) is 29.5 Å². The van der Waals surface area contributed by atoms with Crippen molar-refractivity contribution in [1.82, 2.24) is 4.98 Å². The van der Waals surface area contributed by atoms with Crippen LogP contribution in [0.15, 0.2) is 12.1 Å². The minimum Gasteiger partial charge on any atom is -0.396 e. The average Bonchev–Trinajstić information content (AvgIpc) is 2.22. The number of aromatic nitrogens is 1. The van der Waals surface area contributed by atoms with Crippen LogP contribution in [0.4, 0.5) is 17.3 Å². The van der Waals surface area contributed by atoms with E-state index in [-0.39, 0.29) is 0 Å². The summed E-state index contributed by atoms with van der Waals surface area (Å²) in [7, 11) is 0. The number of nitrogens with two attached hydrogens (primary N) is 2. The molecule has 15 heavy (non-hydrogen) atoms. The Bertz CT molecular complexity index is 305. The fraction of sp³-hybridized carbons (Fsp3) is 0.545. The number of anilines is 3. The van der Waals surface area contributed by atoms with E-state index in [1.54, 1.807) is 0 Å². The quantitative estimate of drug-likeness (QED) is 0.775. The maximum Gasteiger partial charge on any atom is 0.149 e. The van der Waals surface area contributed by atoms with Crippen LogP contribution in [-0.2, 0) is 0 Å². The predicted molar refractivity (Wildman–Crippen MR) is 65.9 cm³/mol. The number of pyridine rings is 1. The van der Waals surface area contributed by atoms with E-state index in [2.05, 4.69) is 23.7 Å². The molecule has 0 saturated heterocycles. The lowest BCUT2D eigenvalue weighted by molar-refractivity contribution is 0.735. The average molecular weight is 208 g/mol. The number of hydrogen-bond donors (Lipinski definition) is 2. The molecule has 1 aromatic rings. The fourth-order valence-electron chi connectivity index (χ4n) is 1.53. The molecule has 0 saturated carbocycles. The minimum absolute atomic E-state index is 0.421. The van der Waals surface area contributed by atoms with Crippen LogP contribution in [0.3, 0.4) is 0 Å². The molecule has 0 spiro atoms. The van der Waals surface area contributed by atoms with Crippen LogP contribution in [0, 0.1) is 0 Å². The Kier molecular flexibility index (Phi) is 4.21. The summed E-state index contributed by atoms with van der Waals surface area (Å²) >= 11 is 0. The van der Waals surface area contributed by atoms with Crippen molar-refractivity contribution in [2.24, 2.45) is 0 Å². The molecule has 84 valence electrons. The molecule has 0 fully saturated rings. The van der Waals surface area contributed by atoms with Gasteiger partial charge in [-0.1, -0.05) is 13.8 Å². The summed E-state index contributed by atoms with van der Waals surface area (Å²) in [6.45, 7) is 6.32. The van der Waals surface area contributed by atoms with Gasteiger partial charge in [-0.05, 0) is 25.0 Å². The Labute approximate surface area is 91.3 Å². The normalized spacial score (nSPS) is 10.3. The SMILES string of the molecule is CCCN(CCC)c1ccc(N)c(N)n1. The highest BCUT2D eigenvalue weighted by atomic mass is 15.2. The Morgan fingerprint density at radius 1 is 1.13 bits per heavy atom. The summed E-state index contributed by atoms with van der Waals surface area (Å²) in [4.78, 5) is 6.52. The summed E-state index contributed by atoms with van der Waals surface area (Å²) in [5.41, 5.74) is 11.9. The third-order valence-corrected chi connectivity index (χ3v) is 2.25. The summed E-state index contributed by atoms with van der Waals surface area (Å²) in [6.07, 6.45) is 2.21. The van der Waals surface area contributed by atoms with Crippen LogP contribution in [0.1, 0.15) is 26.7 Å². The zero-order chi connectivity index (χ0) is 11.3. The highest BCUT2D eigenvalue weighted by Crippen LogP contribution is 2.18. The molecule has 0 bridgehead atoms. The van der Waals surface area contributed by atoms with Gasteiger partial charge in [-0.2, -0.15) is 0 Å². The second kappa shape index (κ2) is 5.44. The molecule has 4 nitrogen and oxygen atoms in total. The summed E-state index contributed by atoms with van der Waals surface area (Å²) < 4.78 is 0. The first-order chi connectivity index (χ1) is 7.19. The van der Waals surface area contributed by atoms with Gasteiger partial charge in [-0.15, -0.1) is 0 Å². The maximum atomic E-state index is 5.69. The lowest BCUT2D eigenvalue weighted by Gasteiger charge is -2.22. The van der Waals surface area contributed by atoms with E-state index in [0.29, 0.717) is 11.5 Å². The van der Waals surface area contributed by atoms with E-state index in [0.717, 1.165) is 31.7 Å². The van der Waals surface area contributed by atoms with Gasteiger partial charge >= 0.3 is 0 Å². The molecule has 0 aromatic carbocycles. The van der Waals surface area contributed by atoms with Crippen molar-refractivity contribution in [3.05, 3.63) is 12.1 Å². The predicted octanol–water partition coefficient (Wildman–Crippen LogP) is 1.87. The van der Waals surface area contributed by atoms with Crippen molar-refractivity contribution in [2.45, 2.75) is 26.7 Å². The van der Waals surface area contributed by atoms with Gasteiger partial charge < -0.3 is 16.4 Å². The van der Waals surface area contributed by atoms with Crippen LogP contribution >= 0.6 is 0 Å². The molecule has 0 amide bonds. The standard InChI is InChI=1S/C11H20N4/c1-3-7-15(8-4-2)10-6-5-9(12)11(13)14-10/h5-6H,3-4,7-8,12H2,1-2H3,(H2,13,14). The van der Waals surface area contributed by atoms with Gasteiger partial charge in [0.15, 0.2) is 0 Å². The summed E-state index contributed by atoms with van der Waals surface area (Å²) in [5.74, 6) is 1.34. The van der Waals surface area contributed by atoms with E-state index >= 15 is 0 Å². The third kappa shape index (κ3) is 3.01. The van der Waals surface area contributed by atoms with E-state index in [9.17, 15) is 0 Å². The van der Waals surface area contributed by atoms with Crippen molar-refractivity contribution < 1.29 is 0 Å². The Hall–Kier alpha value is -1.45. The van der Waals surface area contributed by atoms with Crippen molar-refractivity contribution >= 4 is 17.3 Å². The lowest BCUT2D eigenvalue weighted by atomic mass is 10.3. The first-order valence-electron chi connectivity index (χ1n) is 5.46. The Balaban J connectivity index is 2.85. The van der Waals surface area contributed by atoms with Crippen molar-refractivity contribution in [3.8, 4) is 0 Å². The third-order valence-electron chi connectivity index (χ3n) is 2.25. The van der Waals surface area contributed by atoms with Gasteiger partial charge in [0.05, 0.1) is 5.69 Å². The van der Waals surface area contributed by atoms with Crippen molar-refractivity contribution in [3.63, 3.8) is 0 Å². The van der Waals surface area contributed by atoms with Crippen molar-refractivity contribution in [1.29, 1.82) is 0 Å². The second-order valence-corrected chi connectivity index (χ2v) is 3.63. The van der Waals surface area contributed by atoms with Crippen LogP contribution in [0.5, 0.6) is 0 Å². The van der Waals surface area contributed by atoms with Gasteiger partial charge in [0, 0.05) is 13.1 Å². The number of rotatable bonds is 5. The molecule has 0 radical (unpaired) electrons. The van der Waals surface area contributed by atoms with E-state index in [1.165, 1.54) is 0 Å². The lowest BCUT2D eigenvalue weighted by Crippen LogP contribution is -2.26. The van der Waals surface area contributed by atoms with Crippen LogP contribution in [-0.4, -0.2) is 18.1 Å². The molecule has 0 aliphatic carbocycles. The number of nitrogen functional groups attached to an aromatic ring is 2. The zero-order valence-corrected chi connectivity index (χ0v) is 9.53. The molecule has 4 N–H and O–H groups in total. The molecule has 1 aromatic heterocycles. The van der Waals surface area contributed by atoms with Gasteiger partial charge in [0.25, 0.3) is 0 Å². The maximum absolute atomic E-state index is 5.69. The second-order valence-electron chi connectivity index (χ2n) is 3.63. The van der Waals surface area contributed by atoms with Gasteiger partial charge in [0.1, 0.15) is 11.6 Å². The Morgan fingerprint density at radius 2 is 1.73 bits per heavy atom. The molecule has 0 aliphatic heterocycles. The monoisotopic (exact) mass is 208 g/mol. The summed E-state index contributed by atoms with van der Waals surface area (Å²) in [5, 5.41) is 0. The molecule has 0 atom stereocenters. The molecular formula is C11H20N4. The summed E-state index contributed by atoms with van der Waals surface area (Å²) in [6, 6.07) is 3.74. The Morgan fingerprint density at radius 3 is 2.20 bits per heavy atom. The van der Waals surface area contributed by atoms with Gasteiger partial charge in [-0.3, -0.25) is 0 Å². The minimum atomic E-state index is 0.421.